The van der Waals surface area contributed by atoms with Crippen LogP contribution in [0.2, 0.25) is 0 Å². The van der Waals surface area contributed by atoms with Crippen molar-refractivity contribution in [3.8, 4) is 5.75 Å². The summed E-state index contributed by atoms with van der Waals surface area (Å²) in [6.07, 6.45) is 3.44. The van der Waals surface area contributed by atoms with E-state index in [1.54, 1.807) is 12.0 Å². The van der Waals surface area contributed by atoms with Gasteiger partial charge in [0.05, 0.1) is 18.8 Å². The van der Waals surface area contributed by atoms with Crippen molar-refractivity contribution in [3.63, 3.8) is 0 Å². The lowest BCUT2D eigenvalue weighted by Crippen LogP contribution is -2.45. The number of hydrogen-bond acceptors (Lipinski definition) is 4. The number of amides is 1. The summed E-state index contributed by atoms with van der Waals surface area (Å²) in [5, 5.41) is 9.59. The van der Waals surface area contributed by atoms with Crippen LogP contribution in [0.3, 0.4) is 0 Å². The van der Waals surface area contributed by atoms with E-state index in [0.29, 0.717) is 0 Å². The zero-order valence-corrected chi connectivity index (χ0v) is 15.0. The first-order valence-corrected chi connectivity index (χ1v) is 8.61. The van der Waals surface area contributed by atoms with Crippen molar-refractivity contribution in [3.05, 3.63) is 65.7 Å². The molecule has 5 heteroatoms. The van der Waals surface area contributed by atoms with Gasteiger partial charge in [0.15, 0.2) is 0 Å². The molecule has 1 heterocycles. The molecular formula is C21H23NO4. The van der Waals surface area contributed by atoms with E-state index < -0.39 is 6.09 Å². The molecule has 3 rings (SSSR count). The fraction of sp³-hybridized carbons (Fsp3) is 0.286. The molecule has 0 aliphatic carbocycles. The van der Waals surface area contributed by atoms with Crippen LogP contribution in [0.15, 0.2) is 54.6 Å². The number of hydrogen-bond donors (Lipinski definition) is 1. The minimum atomic E-state index is -0.435. The van der Waals surface area contributed by atoms with Crippen LogP contribution in [0, 0.1) is 5.92 Å². The predicted molar refractivity (Wildman–Crippen MR) is 101 cm³/mol. The Hall–Kier alpha value is -2.79. The van der Waals surface area contributed by atoms with Gasteiger partial charge >= 0.3 is 6.09 Å². The second-order valence-electron chi connectivity index (χ2n) is 6.34. The number of carbonyl (C=O) groups excluding carboxylic acids is 1. The van der Waals surface area contributed by atoms with Crippen LogP contribution >= 0.6 is 0 Å². The molecule has 0 fully saturated rings. The lowest BCUT2D eigenvalue weighted by Gasteiger charge is -2.36. The number of methoxy groups -OCH3 is 1. The summed E-state index contributed by atoms with van der Waals surface area (Å²) >= 11 is 0. The van der Waals surface area contributed by atoms with E-state index in [2.05, 4.69) is 0 Å². The molecule has 0 saturated heterocycles. The van der Waals surface area contributed by atoms with Gasteiger partial charge in [-0.3, -0.25) is 4.90 Å². The predicted octanol–water partition coefficient (Wildman–Crippen LogP) is 3.86. The van der Waals surface area contributed by atoms with Crippen molar-refractivity contribution < 1.29 is 19.4 Å². The largest absolute Gasteiger partial charge is 0.497 e. The molecule has 1 N–H and O–H groups in total. The smallest absolute Gasteiger partial charge is 0.415 e. The van der Waals surface area contributed by atoms with Crippen LogP contribution in [0.25, 0.3) is 6.08 Å². The lowest BCUT2D eigenvalue weighted by atomic mass is 9.94. The molecule has 0 unspecified atom stereocenters. The standard InChI is InChI=1S/C21H23NO4/c1-15(13-23)19-10-8-17-12-18(25-2)9-11-20(17)22(19)21(24)26-14-16-6-4-3-5-7-16/h3-12,15,19,23H,13-14H2,1-2H3/t15-,19+/m1/s1. The number of ether oxygens (including phenoxy) is 2. The van der Waals surface area contributed by atoms with Gasteiger partial charge in [0.25, 0.3) is 0 Å². The minimum Gasteiger partial charge on any atom is -0.497 e. The number of nitrogens with zero attached hydrogens (tertiary/aromatic N) is 1. The van der Waals surface area contributed by atoms with Crippen molar-refractivity contribution in [2.24, 2.45) is 5.92 Å². The van der Waals surface area contributed by atoms with Gasteiger partial charge in [-0.15, -0.1) is 0 Å². The molecule has 136 valence electrons. The highest BCUT2D eigenvalue weighted by atomic mass is 16.6. The van der Waals surface area contributed by atoms with Crippen LogP contribution in [-0.2, 0) is 11.3 Å². The molecule has 0 radical (unpaired) electrons. The molecule has 5 nitrogen and oxygen atoms in total. The van der Waals surface area contributed by atoms with Crippen LogP contribution in [-0.4, -0.2) is 31.0 Å². The molecule has 2 aromatic rings. The quantitative estimate of drug-likeness (QED) is 0.887. The highest BCUT2D eigenvalue weighted by molar-refractivity contribution is 5.94. The van der Waals surface area contributed by atoms with E-state index in [4.69, 9.17) is 9.47 Å². The number of fused-ring (bicyclic) bond motifs is 1. The number of aliphatic hydroxyl groups is 1. The Bertz CT molecular complexity index is 788. The monoisotopic (exact) mass is 353 g/mol. The van der Waals surface area contributed by atoms with Gasteiger partial charge in [0.1, 0.15) is 12.4 Å². The average Bonchev–Trinajstić information content (AvgIpc) is 2.70. The molecule has 1 aliphatic heterocycles. The summed E-state index contributed by atoms with van der Waals surface area (Å²) in [6.45, 7) is 2.08. The first kappa shape index (κ1) is 18.0. The van der Waals surface area contributed by atoms with Crippen molar-refractivity contribution in [2.75, 3.05) is 18.6 Å². The summed E-state index contributed by atoms with van der Waals surface area (Å²) < 4.78 is 10.8. The van der Waals surface area contributed by atoms with Gasteiger partial charge < -0.3 is 14.6 Å². The van der Waals surface area contributed by atoms with Crippen molar-refractivity contribution in [1.29, 1.82) is 0 Å². The molecule has 2 aromatic carbocycles. The van der Waals surface area contributed by atoms with Gasteiger partial charge in [0, 0.05) is 18.1 Å². The Morgan fingerprint density at radius 2 is 2.00 bits per heavy atom. The zero-order valence-electron chi connectivity index (χ0n) is 15.0. The number of aliphatic hydroxyl groups excluding tert-OH is 1. The summed E-state index contributed by atoms with van der Waals surface area (Å²) in [6, 6.07) is 14.8. The number of benzene rings is 2. The summed E-state index contributed by atoms with van der Waals surface area (Å²) in [7, 11) is 1.61. The molecule has 0 aromatic heterocycles. The highest BCUT2D eigenvalue weighted by Crippen LogP contribution is 2.34. The van der Waals surface area contributed by atoms with E-state index >= 15 is 0 Å². The second-order valence-corrected chi connectivity index (χ2v) is 6.34. The average molecular weight is 353 g/mol. The normalized spacial score (nSPS) is 16.7. The maximum absolute atomic E-state index is 12.9. The maximum Gasteiger partial charge on any atom is 0.415 e. The fourth-order valence-corrected chi connectivity index (χ4v) is 3.02. The molecule has 0 bridgehead atoms. The van der Waals surface area contributed by atoms with Gasteiger partial charge in [-0.1, -0.05) is 49.4 Å². The molecule has 0 saturated carbocycles. The van der Waals surface area contributed by atoms with Crippen LogP contribution in [0.4, 0.5) is 10.5 Å². The van der Waals surface area contributed by atoms with Gasteiger partial charge in [0.2, 0.25) is 0 Å². The van der Waals surface area contributed by atoms with E-state index in [1.165, 1.54) is 0 Å². The van der Waals surface area contributed by atoms with Crippen molar-refractivity contribution in [2.45, 2.75) is 19.6 Å². The van der Waals surface area contributed by atoms with E-state index in [1.807, 2.05) is 67.6 Å². The summed E-state index contributed by atoms with van der Waals surface area (Å²) in [5.41, 5.74) is 2.55. The first-order chi connectivity index (χ1) is 12.6. The summed E-state index contributed by atoms with van der Waals surface area (Å²) in [4.78, 5) is 14.5. The lowest BCUT2D eigenvalue weighted by molar-refractivity contribution is 0.141. The van der Waals surface area contributed by atoms with Crippen LogP contribution < -0.4 is 9.64 Å². The van der Waals surface area contributed by atoms with Gasteiger partial charge in [-0.05, 0) is 23.8 Å². The molecule has 0 spiro atoms. The molecule has 2 atom stereocenters. The molecule has 1 amide bonds. The van der Waals surface area contributed by atoms with E-state index in [-0.39, 0.29) is 25.2 Å². The number of anilines is 1. The third kappa shape index (κ3) is 3.73. The fourth-order valence-electron chi connectivity index (χ4n) is 3.02. The Morgan fingerprint density at radius 1 is 1.23 bits per heavy atom. The third-order valence-corrected chi connectivity index (χ3v) is 4.54. The Kier molecular flexibility index (Phi) is 5.58. The SMILES string of the molecule is COc1ccc2c(c1)C=C[C@@H]([C@H](C)CO)N2C(=O)OCc1ccccc1. The highest BCUT2D eigenvalue weighted by Gasteiger charge is 2.32. The molecule has 26 heavy (non-hydrogen) atoms. The van der Waals surface area contributed by atoms with Crippen molar-refractivity contribution in [1.82, 2.24) is 0 Å². The number of rotatable bonds is 5. The number of carbonyl (C=O) groups is 1. The third-order valence-electron chi connectivity index (χ3n) is 4.54. The first-order valence-electron chi connectivity index (χ1n) is 8.61. The Morgan fingerprint density at radius 3 is 2.69 bits per heavy atom. The van der Waals surface area contributed by atoms with Gasteiger partial charge in [-0.2, -0.15) is 0 Å². The maximum atomic E-state index is 12.9. The van der Waals surface area contributed by atoms with Crippen LogP contribution in [0.5, 0.6) is 5.75 Å². The second kappa shape index (κ2) is 8.06. The van der Waals surface area contributed by atoms with Crippen molar-refractivity contribution >= 4 is 17.9 Å². The Labute approximate surface area is 153 Å². The Balaban J connectivity index is 1.87. The van der Waals surface area contributed by atoms with Gasteiger partial charge in [-0.25, -0.2) is 4.79 Å². The topological polar surface area (TPSA) is 59.0 Å². The zero-order chi connectivity index (χ0) is 18.5. The van der Waals surface area contributed by atoms with E-state index in [9.17, 15) is 9.90 Å². The molecule has 1 aliphatic rings. The minimum absolute atomic E-state index is 0.0248. The van der Waals surface area contributed by atoms with Crippen LogP contribution in [0.1, 0.15) is 18.1 Å². The molecular weight excluding hydrogens is 330 g/mol. The summed E-state index contributed by atoms with van der Waals surface area (Å²) in [5.74, 6) is 0.602. The van der Waals surface area contributed by atoms with E-state index in [0.717, 1.165) is 22.6 Å².